The highest BCUT2D eigenvalue weighted by molar-refractivity contribution is 6.30. The van der Waals surface area contributed by atoms with Crippen LogP contribution in [0.3, 0.4) is 0 Å². The number of carbonyl (C=O) groups excluding carboxylic acids is 1. The van der Waals surface area contributed by atoms with Gasteiger partial charge in [0.05, 0.1) is 6.54 Å². The number of rotatable bonds is 5. The fraction of sp³-hybridized carbons (Fsp3) is 0.158. The second-order valence-corrected chi connectivity index (χ2v) is 6.64. The summed E-state index contributed by atoms with van der Waals surface area (Å²) in [7, 11) is 1.76. The number of amides is 1. The summed E-state index contributed by atoms with van der Waals surface area (Å²) in [6, 6.07) is 14.6. The molecule has 0 aliphatic rings. The van der Waals surface area contributed by atoms with Gasteiger partial charge >= 0.3 is 0 Å². The molecule has 1 aromatic heterocycles. The van der Waals surface area contributed by atoms with Gasteiger partial charge in [-0.1, -0.05) is 35.3 Å². The topological polar surface area (TPSA) is 38.1 Å². The lowest BCUT2D eigenvalue weighted by Gasteiger charge is -2.18. The van der Waals surface area contributed by atoms with Gasteiger partial charge < -0.3 is 9.47 Å². The van der Waals surface area contributed by atoms with Gasteiger partial charge in [-0.3, -0.25) is 4.79 Å². The van der Waals surface area contributed by atoms with Crippen LogP contribution in [0.4, 0.5) is 0 Å². The minimum absolute atomic E-state index is 0.0750. The summed E-state index contributed by atoms with van der Waals surface area (Å²) >= 11 is 11.9. The van der Waals surface area contributed by atoms with Crippen LogP contribution in [-0.4, -0.2) is 27.4 Å². The monoisotopic (exact) mass is 373 g/mol. The molecule has 1 amide bonds. The Kier molecular flexibility index (Phi) is 5.41. The summed E-state index contributed by atoms with van der Waals surface area (Å²) in [5.74, 6) is 0.735. The first-order valence-electron chi connectivity index (χ1n) is 7.78. The molecule has 0 unspecified atom stereocenters. The smallest absolute Gasteiger partial charge is 0.254 e. The zero-order valence-electron chi connectivity index (χ0n) is 13.7. The number of carbonyl (C=O) groups is 1. The summed E-state index contributed by atoms with van der Waals surface area (Å²) in [4.78, 5) is 18.5. The standard InChI is InChI=1S/C19H17Cl2N3O/c1-23(19(25)15-5-7-16(20)8-6-15)13-18-22-9-10-24(18)12-14-3-2-4-17(21)11-14/h2-11H,12-13H2,1H3. The van der Waals surface area contributed by atoms with E-state index in [1.165, 1.54) is 0 Å². The highest BCUT2D eigenvalue weighted by atomic mass is 35.5. The number of imidazole rings is 1. The van der Waals surface area contributed by atoms with Crippen LogP contribution in [0.15, 0.2) is 60.9 Å². The summed E-state index contributed by atoms with van der Waals surface area (Å²) < 4.78 is 2.01. The van der Waals surface area contributed by atoms with Gasteiger partial charge in [0, 0.05) is 41.6 Å². The normalized spacial score (nSPS) is 10.7. The summed E-state index contributed by atoms with van der Waals surface area (Å²) in [6.07, 6.45) is 3.64. The van der Waals surface area contributed by atoms with Gasteiger partial charge in [-0.25, -0.2) is 4.98 Å². The van der Waals surface area contributed by atoms with E-state index in [1.54, 1.807) is 42.4 Å². The Balaban J connectivity index is 1.72. The summed E-state index contributed by atoms with van der Waals surface area (Å²) in [6.45, 7) is 1.06. The van der Waals surface area contributed by atoms with E-state index in [4.69, 9.17) is 23.2 Å². The van der Waals surface area contributed by atoms with Crippen LogP contribution < -0.4 is 0 Å². The van der Waals surface area contributed by atoms with Crippen molar-refractivity contribution in [2.24, 2.45) is 0 Å². The molecule has 0 aliphatic carbocycles. The lowest BCUT2D eigenvalue weighted by molar-refractivity contribution is 0.0780. The predicted octanol–water partition coefficient (Wildman–Crippen LogP) is 4.51. The number of hydrogen-bond donors (Lipinski definition) is 0. The Bertz CT molecular complexity index is 874. The molecule has 0 radical (unpaired) electrons. The molecule has 0 atom stereocenters. The molecule has 0 spiro atoms. The zero-order valence-corrected chi connectivity index (χ0v) is 15.2. The van der Waals surface area contributed by atoms with Crippen molar-refractivity contribution in [3.63, 3.8) is 0 Å². The minimum Gasteiger partial charge on any atom is -0.334 e. The maximum atomic E-state index is 12.5. The molecule has 2 aromatic carbocycles. The van der Waals surface area contributed by atoms with E-state index in [0.29, 0.717) is 28.7 Å². The molecule has 0 saturated heterocycles. The second-order valence-electron chi connectivity index (χ2n) is 5.77. The minimum atomic E-state index is -0.0750. The Hall–Kier alpha value is -2.30. The van der Waals surface area contributed by atoms with Crippen LogP contribution >= 0.6 is 23.2 Å². The molecule has 0 aliphatic heterocycles. The molecule has 0 fully saturated rings. The number of nitrogens with zero attached hydrogens (tertiary/aromatic N) is 3. The average Bonchev–Trinajstić information content (AvgIpc) is 3.01. The van der Waals surface area contributed by atoms with E-state index in [-0.39, 0.29) is 5.91 Å². The summed E-state index contributed by atoms with van der Waals surface area (Å²) in [5.41, 5.74) is 1.68. The van der Waals surface area contributed by atoms with E-state index in [2.05, 4.69) is 4.98 Å². The molecule has 3 aromatic rings. The maximum absolute atomic E-state index is 12.5. The lowest BCUT2D eigenvalue weighted by Crippen LogP contribution is -2.27. The zero-order chi connectivity index (χ0) is 17.8. The van der Waals surface area contributed by atoms with E-state index in [9.17, 15) is 4.79 Å². The van der Waals surface area contributed by atoms with Gasteiger partial charge in [0.2, 0.25) is 0 Å². The predicted molar refractivity (Wildman–Crippen MR) is 100 cm³/mol. The Morgan fingerprint density at radius 2 is 1.88 bits per heavy atom. The molecule has 4 nitrogen and oxygen atoms in total. The van der Waals surface area contributed by atoms with E-state index < -0.39 is 0 Å². The van der Waals surface area contributed by atoms with Crippen molar-refractivity contribution in [3.8, 4) is 0 Å². The molecular formula is C19H17Cl2N3O. The molecule has 1 heterocycles. The molecule has 25 heavy (non-hydrogen) atoms. The highest BCUT2D eigenvalue weighted by Crippen LogP contribution is 2.15. The molecule has 128 valence electrons. The molecular weight excluding hydrogens is 357 g/mol. The van der Waals surface area contributed by atoms with Gasteiger partial charge in [0.15, 0.2) is 0 Å². The van der Waals surface area contributed by atoms with Gasteiger partial charge in [-0.2, -0.15) is 0 Å². The van der Waals surface area contributed by atoms with E-state index in [0.717, 1.165) is 11.4 Å². The van der Waals surface area contributed by atoms with E-state index >= 15 is 0 Å². The maximum Gasteiger partial charge on any atom is 0.254 e. The molecule has 6 heteroatoms. The highest BCUT2D eigenvalue weighted by Gasteiger charge is 2.14. The fourth-order valence-electron chi connectivity index (χ4n) is 2.56. The quantitative estimate of drug-likeness (QED) is 0.659. The third-order valence-electron chi connectivity index (χ3n) is 3.86. The van der Waals surface area contributed by atoms with Crippen LogP contribution in [0.1, 0.15) is 21.7 Å². The first kappa shape index (κ1) is 17.5. The van der Waals surface area contributed by atoms with Crippen LogP contribution in [-0.2, 0) is 13.1 Å². The van der Waals surface area contributed by atoms with Gasteiger partial charge in [0.1, 0.15) is 5.82 Å². The van der Waals surface area contributed by atoms with Crippen molar-refractivity contribution < 1.29 is 4.79 Å². The lowest BCUT2D eigenvalue weighted by atomic mass is 10.2. The Labute approximate surface area is 156 Å². The first-order chi connectivity index (χ1) is 12.0. The van der Waals surface area contributed by atoms with Crippen molar-refractivity contribution in [2.45, 2.75) is 13.1 Å². The van der Waals surface area contributed by atoms with Gasteiger partial charge in [-0.05, 0) is 42.0 Å². The summed E-state index contributed by atoms with van der Waals surface area (Å²) in [5, 5.41) is 1.31. The first-order valence-corrected chi connectivity index (χ1v) is 8.54. The molecule has 0 saturated carbocycles. The third kappa shape index (κ3) is 4.41. The number of benzene rings is 2. The van der Waals surface area contributed by atoms with Gasteiger partial charge in [0.25, 0.3) is 5.91 Å². The second kappa shape index (κ2) is 7.72. The SMILES string of the molecule is CN(Cc1nccn1Cc1cccc(Cl)c1)C(=O)c1ccc(Cl)cc1. The van der Waals surface area contributed by atoms with Crippen LogP contribution in [0, 0.1) is 0 Å². The average molecular weight is 374 g/mol. The van der Waals surface area contributed by atoms with E-state index in [1.807, 2.05) is 35.0 Å². The van der Waals surface area contributed by atoms with Crippen molar-refractivity contribution in [2.75, 3.05) is 7.05 Å². The number of aromatic nitrogens is 2. The van der Waals surface area contributed by atoms with Crippen molar-refractivity contribution in [1.82, 2.24) is 14.5 Å². The van der Waals surface area contributed by atoms with Crippen LogP contribution in [0.25, 0.3) is 0 Å². The van der Waals surface area contributed by atoms with Crippen molar-refractivity contribution >= 4 is 29.1 Å². The Morgan fingerprint density at radius 1 is 1.12 bits per heavy atom. The van der Waals surface area contributed by atoms with Gasteiger partial charge in [-0.15, -0.1) is 0 Å². The molecule has 0 bridgehead atoms. The number of halogens is 2. The fourth-order valence-corrected chi connectivity index (χ4v) is 2.90. The number of hydrogen-bond acceptors (Lipinski definition) is 2. The third-order valence-corrected chi connectivity index (χ3v) is 4.35. The largest absolute Gasteiger partial charge is 0.334 e. The van der Waals surface area contributed by atoms with Crippen molar-refractivity contribution in [3.05, 3.63) is 87.9 Å². The Morgan fingerprint density at radius 3 is 2.60 bits per heavy atom. The van der Waals surface area contributed by atoms with Crippen molar-refractivity contribution in [1.29, 1.82) is 0 Å². The van der Waals surface area contributed by atoms with Crippen LogP contribution in [0.5, 0.6) is 0 Å². The molecule has 3 rings (SSSR count). The molecule has 0 N–H and O–H groups in total. The van der Waals surface area contributed by atoms with Crippen LogP contribution in [0.2, 0.25) is 10.0 Å².